The molecule has 37 heavy (non-hydrogen) atoms. The number of allylic oxidation sites excluding steroid dienone is 1. The molecule has 4 N–H and O–H groups in total. The second kappa shape index (κ2) is 13.1. The highest BCUT2D eigenvalue weighted by molar-refractivity contribution is 6.47. The number of hydrogen-bond acceptors (Lipinski definition) is 4. The van der Waals surface area contributed by atoms with Gasteiger partial charge in [0.1, 0.15) is 5.71 Å². The van der Waals surface area contributed by atoms with Crippen molar-refractivity contribution >= 4 is 23.0 Å². The third kappa shape index (κ3) is 7.97. The first-order valence-corrected chi connectivity index (χ1v) is 13.3. The van der Waals surface area contributed by atoms with Gasteiger partial charge in [-0.05, 0) is 85.7 Å². The van der Waals surface area contributed by atoms with E-state index in [1.807, 2.05) is 55.5 Å². The number of rotatable bonds is 12. The van der Waals surface area contributed by atoms with Gasteiger partial charge in [-0.1, -0.05) is 73.5 Å². The summed E-state index contributed by atoms with van der Waals surface area (Å²) in [4.78, 5) is 18.2. The maximum Gasteiger partial charge on any atom is 0.274 e. The van der Waals surface area contributed by atoms with Gasteiger partial charge >= 0.3 is 0 Å². The summed E-state index contributed by atoms with van der Waals surface area (Å²) in [6.07, 6.45) is 6.41. The molecule has 1 aliphatic rings. The van der Waals surface area contributed by atoms with E-state index < -0.39 is 0 Å². The van der Waals surface area contributed by atoms with Crippen LogP contribution in [0.2, 0.25) is 0 Å². The lowest BCUT2D eigenvalue weighted by atomic mass is 9.98. The third-order valence-corrected chi connectivity index (χ3v) is 6.57. The molecule has 1 unspecified atom stereocenters. The predicted molar refractivity (Wildman–Crippen MR) is 154 cm³/mol. The molecule has 0 heterocycles. The molecule has 1 amide bonds. The molecule has 3 aromatic carbocycles. The Morgan fingerprint density at radius 2 is 1.78 bits per heavy atom. The molecule has 5 heteroatoms. The van der Waals surface area contributed by atoms with Crippen molar-refractivity contribution in [1.82, 2.24) is 5.32 Å². The lowest BCUT2D eigenvalue weighted by Crippen LogP contribution is -2.25. The molecule has 0 spiro atoms. The predicted octanol–water partition coefficient (Wildman–Crippen LogP) is 6.69. The summed E-state index contributed by atoms with van der Waals surface area (Å²) in [6, 6.07) is 26.3. The van der Waals surface area contributed by atoms with Crippen LogP contribution in [-0.4, -0.2) is 18.2 Å². The van der Waals surface area contributed by atoms with Crippen molar-refractivity contribution in [3.05, 3.63) is 107 Å². The Labute approximate surface area is 220 Å². The average Bonchev–Trinajstić information content (AvgIpc) is 3.74. The second-order valence-electron chi connectivity index (χ2n) is 9.89. The Kier molecular flexibility index (Phi) is 9.41. The molecule has 4 rings (SSSR count). The van der Waals surface area contributed by atoms with E-state index in [1.165, 1.54) is 18.4 Å². The van der Waals surface area contributed by atoms with Crippen molar-refractivity contribution in [2.75, 3.05) is 11.9 Å². The molecule has 1 fully saturated rings. The number of nitrogens with one attached hydrogen (secondary N) is 2. The van der Waals surface area contributed by atoms with Crippen LogP contribution in [0.3, 0.4) is 0 Å². The number of nitrogens with zero attached hydrogens (tertiary/aromatic N) is 1. The van der Waals surface area contributed by atoms with Gasteiger partial charge in [0.2, 0.25) is 0 Å². The lowest BCUT2D eigenvalue weighted by molar-refractivity contribution is -0.110. The van der Waals surface area contributed by atoms with Crippen LogP contribution in [0.4, 0.5) is 11.4 Å². The molecule has 192 valence electrons. The number of benzene rings is 3. The number of hydrogen-bond donors (Lipinski definition) is 3. The quantitative estimate of drug-likeness (QED) is 0.245. The van der Waals surface area contributed by atoms with Gasteiger partial charge in [0.15, 0.2) is 0 Å². The molecule has 5 nitrogen and oxygen atoms in total. The molecule has 1 atom stereocenters. The van der Waals surface area contributed by atoms with Crippen LogP contribution in [-0.2, 0) is 11.3 Å². The zero-order valence-electron chi connectivity index (χ0n) is 21.9. The van der Waals surface area contributed by atoms with E-state index in [9.17, 15) is 4.79 Å². The monoisotopic (exact) mass is 494 g/mol. The van der Waals surface area contributed by atoms with Crippen molar-refractivity contribution in [1.29, 1.82) is 0 Å². The fourth-order valence-corrected chi connectivity index (χ4v) is 4.41. The summed E-state index contributed by atoms with van der Waals surface area (Å²) in [5.41, 5.74) is 12.1. The largest absolute Gasteiger partial charge is 0.326 e. The normalized spacial score (nSPS) is 14.9. The van der Waals surface area contributed by atoms with Gasteiger partial charge in [0, 0.05) is 12.2 Å². The maximum absolute atomic E-state index is 13.5. The zero-order chi connectivity index (χ0) is 26.0. The Morgan fingerprint density at radius 1 is 1.03 bits per heavy atom. The smallest absolute Gasteiger partial charge is 0.274 e. The third-order valence-electron chi connectivity index (χ3n) is 6.57. The van der Waals surface area contributed by atoms with Gasteiger partial charge in [-0.15, -0.1) is 0 Å². The summed E-state index contributed by atoms with van der Waals surface area (Å²) in [5, 5.41) is 6.84. The molecule has 0 bridgehead atoms. The Bertz CT molecular complexity index is 1240. The summed E-state index contributed by atoms with van der Waals surface area (Å²) in [7, 11) is 0. The standard InChI is InChI=1S/C32H38N4O/c1-3-9-23(2)18-30(35-28-14-7-10-25(19-28)21-33)32(37)36-29-15-8-13-27(20-29)31(34-22-24-16-17-24)26-11-5-4-6-12-26/h4-8,10-15,18-20,24,31,34H,3,9,16-17,21-22,33H2,1-2H3,(H,36,37)/b23-18-,35-30?. The highest BCUT2D eigenvalue weighted by Gasteiger charge is 2.23. The highest BCUT2D eigenvalue weighted by Crippen LogP contribution is 2.30. The van der Waals surface area contributed by atoms with Crippen molar-refractivity contribution in [3.63, 3.8) is 0 Å². The number of amides is 1. The van der Waals surface area contributed by atoms with Crippen LogP contribution in [0.15, 0.2) is 95.5 Å². The van der Waals surface area contributed by atoms with Crippen LogP contribution in [0.25, 0.3) is 0 Å². The Balaban J connectivity index is 1.59. The molecule has 0 radical (unpaired) electrons. The summed E-state index contributed by atoms with van der Waals surface area (Å²) < 4.78 is 0. The Morgan fingerprint density at radius 3 is 2.51 bits per heavy atom. The molecule has 3 aromatic rings. The van der Waals surface area contributed by atoms with Crippen molar-refractivity contribution < 1.29 is 4.79 Å². The SMILES string of the molecule is CCC/C(C)=C\C(=Nc1cccc(CN)c1)C(=O)Nc1cccc(C(NCC2CC2)c2ccccc2)c1. The fraction of sp³-hybridized carbons (Fsp3) is 0.312. The Hall–Kier alpha value is -3.54. The number of carbonyl (C=O) groups is 1. The first-order valence-electron chi connectivity index (χ1n) is 13.3. The zero-order valence-corrected chi connectivity index (χ0v) is 21.9. The summed E-state index contributed by atoms with van der Waals surface area (Å²) >= 11 is 0. The molecule has 1 saturated carbocycles. The van der Waals surface area contributed by atoms with Gasteiger partial charge < -0.3 is 16.4 Å². The minimum absolute atomic E-state index is 0.0671. The van der Waals surface area contributed by atoms with E-state index in [2.05, 4.69) is 54.0 Å². The fourth-order valence-electron chi connectivity index (χ4n) is 4.41. The molecule has 0 aliphatic heterocycles. The van der Waals surface area contributed by atoms with Crippen LogP contribution >= 0.6 is 0 Å². The van der Waals surface area contributed by atoms with E-state index in [0.29, 0.717) is 12.3 Å². The van der Waals surface area contributed by atoms with Gasteiger partial charge in [-0.25, -0.2) is 4.99 Å². The van der Waals surface area contributed by atoms with E-state index in [1.54, 1.807) is 0 Å². The van der Waals surface area contributed by atoms with E-state index in [-0.39, 0.29) is 11.9 Å². The van der Waals surface area contributed by atoms with Crippen molar-refractivity contribution in [3.8, 4) is 0 Å². The highest BCUT2D eigenvalue weighted by atomic mass is 16.1. The average molecular weight is 495 g/mol. The first kappa shape index (κ1) is 26.5. The number of nitrogens with two attached hydrogens (primary N) is 1. The first-order chi connectivity index (χ1) is 18.1. The maximum atomic E-state index is 13.5. The summed E-state index contributed by atoms with van der Waals surface area (Å²) in [5.74, 6) is 0.539. The topological polar surface area (TPSA) is 79.5 Å². The molecule has 1 aliphatic carbocycles. The summed E-state index contributed by atoms with van der Waals surface area (Å²) in [6.45, 7) is 5.60. The van der Waals surface area contributed by atoms with Gasteiger partial charge in [-0.2, -0.15) is 0 Å². The van der Waals surface area contributed by atoms with Gasteiger partial charge in [0.05, 0.1) is 11.7 Å². The molecular formula is C32H38N4O. The van der Waals surface area contributed by atoms with Crippen molar-refractivity contribution in [2.45, 2.75) is 52.1 Å². The van der Waals surface area contributed by atoms with E-state index >= 15 is 0 Å². The number of anilines is 1. The number of carbonyl (C=O) groups excluding carboxylic acids is 1. The van der Waals surface area contributed by atoms with Crippen LogP contribution in [0.5, 0.6) is 0 Å². The lowest BCUT2D eigenvalue weighted by Gasteiger charge is -2.21. The molecule has 0 saturated heterocycles. The molecule has 0 aromatic heterocycles. The minimum atomic E-state index is -0.229. The van der Waals surface area contributed by atoms with E-state index in [0.717, 1.165) is 53.4 Å². The molecular weight excluding hydrogens is 456 g/mol. The van der Waals surface area contributed by atoms with E-state index in [4.69, 9.17) is 10.7 Å². The minimum Gasteiger partial charge on any atom is -0.326 e. The van der Waals surface area contributed by atoms with Crippen LogP contribution in [0.1, 0.15) is 62.3 Å². The van der Waals surface area contributed by atoms with Crippen molar-refractivity contribution in [2.24, 2.45) is 16.6 Å². The van der Waals surface area contributed by atoms with Crippen LogP contribution in [0, 0.1) is 5.92 Å². The van der Waals surface area contributed by atoms with Gasteiger partial charge in [0.25, 0.3) is 5.91 Å². The number of aliphatic imine (C=N–C) groups is 1. The van der Waals surface area contributed by atoms with Crippen LogP contribution < -0.4 is 16.4 Å². The van der Waals surface area contributed by atoms with Gasteiger partial charge in [-0.3, -0.25) is 4.79 Å². The second-order valence-corrected chi connectivity index (χ2v) is 9.89.